The SMILES string of the molecule is COc1cccc(CC(=O)NCCN2C(=O)S/C(=C/c3ccc(Cl)cc3)C2=O)c1. The monoisotopic (exact) mass is 430 g/mol. The van der Waals surface area contributed by atoms with E-state index < -0.39 is 0 Å². The Kier molecular flexibility index (Phi) is 6.95. The molecule has 1 saturated heterocycles. The van der Waals surface area contributed by atoms with Gasteiger partial charge in [0.2, 0.25) is 5.91 Å². The number of halogens is 1. The lowest BCUT2D eigenvalue weighted by molar-refractivity contribution is -0.124. The number of thioether (sulfide) groups is 1. The quantitative estimate of drug-likeness (QED) is 0.677. The molecule has 0 unspecified atom stereocenters. The molecule has 2 aromatic carbocycles. The maximum absolute atomic E-state index is 12.5. The standard InChI is InChI=1S/C21H19ClN2O4S/c1-28-17-4-2-3-15(11-17)13-19(25)23-9-10-24-20(26)18(29-21(24)27)12-14-5-7-16(22)8-6-14/h2-8,11-12H,9-10,13H2,1H3,(H,23,25)/b18-12+. The van der Waals surface area contributed by atoms with E-state index in [-0.39, 0.29) is 36.6 Å². The number of benzene rings is 2. The molecule has 1 fully saturated rings. The summed E-state index contributed by atoms with van der Waals surface area (Å²) >= 11 is 6.74. The van der Waals surface area contributed by atoms with E-state index in [1.807, 2.05) is 12.1 Å². The molecular formula is C21H19ClN2O4S. The Morgan fingerprint density at radius 2 is 1.97 bits per heavy atom. The Bertz CT molecular complexity index is 959. The third kappa shape index (κ3) is 5.62. The Hall–Kier alpha value is -2.77. The Labute approximate surface area is 177 Å². The molecule has 6 nitrogen and oxygen atoms in total. The molecule has 0 aromatic heterocycles. The van der Waals surface area contributed by atoms with Gasteiger partial charge >= 0.3 is 0 Å². The molecule has 1 aliphatic rings. The van der Waals surface area contributed by atoms with Gasteiger partial charge in [-0.15, -0.1) is 0 Å². The minimum absolute atomic E-state index is 0.118. The molecular weight excluding hydrogens is 412 g/mol. The molecule has 2 aromatic rings. The minimum Gasteiger partial charge on any atom is -0.497 e. The molecule has 150 valence electrons. The summed E-state index contributed by atoms with van der Waals surface area (Å²) in [5.41, 5.74) is 1.60. The molecule has 3 rings (SSSR count). The van der Waals surface area contributed by atoms with Gasteiger partial charge < -0.3 is 10.1 Å². The zero-order valence-electron chi connectivity index (χ0n) is 15.7. The van der Waals surface area contributed by atoms with Crippen LogP contribution in [0.5, 0.6) is 5.75 Å². The highest BCUT2D eigenvalue weighted by Crippen LogP contribution is 2.32. The summed E-state index contributed by atoms with van der Waals surface area (Å²) in [7, 11) is 1.57. The van der Waals surface area contributed by atoms with Crippen LogP contribution in [0.15, 0.2) is 53.4 Å². The van der Waals surface area contributed by atoms with Crippen molar-refractivity contribution in [3.05, 3.63) is 69.6 Å². The highest BCUT2D eigenvalue weighted by molar-refractivity contribution is 8.18. The summed E-state index contributed by atoms with van der Waals surface area (Å²) in [6.07, 6.45) is 1.85. The van der Waals surface area contributed by atoms with Crippen molar-refractivity contribution in [1.82, 2.24) is 10.2 Å². The topological polar surface area (TPSA) is 75.7 Å². The van der Waals surface area contributed by atoms with Gasteiger partial charge in [-0.1, -0.05) is 35.9 Å². The van der Waals surface area contributed by atoms with Crippen LogP contribution in [0.3, 0.4) is 0 Å². The van der Waals surface area contributed by atoms with Gasteiger partial charge in [-0.2, -0.15) is 0 Å². The number of hydrogen-bond acceptors (Lipinski definition) is 5. The number of amides is 3. The van der Waals surface area contributed by atoms with Crippen LogP contribution in [-0.2, 0) is 16.0 Å². The third-order valence-corrected chi connectivity index (χ3v) is 5.36. The first-order chi connectivity index (χ1) is 14.0. The average Bonchev–Trinajstić information content (AvgIpc) is 2.97. The van der Waals surface area contributed by atoms with E-state index in [1.165, 1.54) is 0 Å². The van der Waals surface area contributed by atoms with Gasteiger partial charge in [0, 0.05) is 18.1 Å². The first-order valence-corrected chi connectivity index (χ1v) is 10.1. The van der Waals surface area contributed by atoms with Crippen LogP contribution in [0.1, 0.15) is 11.1 Å². The molecule has 1 aliphatic heterocycles. The highest BCUT2D eigenvalue weighted by atomic mass is 35.5. The van der Waals surface area contributed by atoms with Crippen molar-refractivity contribution in [3.63, 3.8) is 0 Å². The predicted octanol–water partition coefficient (Wildman–Crippen LogP) is 3.74. The molecule has 0 atom stereocenters. The van der Waals surface area contributed by atoms with E-state index in [1.54, 1.807) is 49.6 Å². The number of nitrogens with one attached hydrogen (secondary N) is 1. The Morgan fingerprint density at radius 1 is 1.21 bits per heavy atom. The van der Waals surface area contributed by atoms with Crippen molar-refractivity contribution in [3.8, 4) is 5.75 Å². The van der Waals surface area contributed by atoms with Crippen molar-refractivity contribution < 1.29 is 19.1 Å². The lowest BCUT2D eigenvalue weighted by atomic mass is 10.1. The molecule has 1 heterocycles. The smallest absolute Gasteiger partial charge is 0.293 e. The minimum atomic E-state index is -0.364. The lowest BCUT2D eigenvalue weighted by Gasteiger charge is -2.13. The second kappa shape index (κ2) is 9.62. The van der Waals surface area contributed by atoms with Crippen LogP contribution >= 0.6 is 23.4 Å². The third-order valence-electron chi connectivity index (χ3n) is 4.20. The van der Waals surface area contributed by atoms with Crippen LogP contribution < -0.4 is 10.1 Å². The van der Waals surface area contributed by atoms with Crippen molar-refractivity contribution in [2.45, 2.75) is 6.42 Å². The fourth-order valence-electron chi connectivity index (χ4n) is 2.74. The highest BCUT2D eigenvalue weighted by Gasteiger charge is 2.34. The molecule has 29 heavy (non-hydrogen) atoms. The fourth-order valence-corrected chi connectivity index (χ4v) is 3.73. The van der Waals surface area contributed by atoms with E-state index in [9.17, 15) is 14.4 Å². The van der Waals surface area contributed by atoms with Crippen molar-refractivity contribution >= 4 is 46.5 Å². The van der Waals surface area contributed by atoms with Crippen molar-refractivity contribution in [2.24, 2.45) is 0 Å². The average molecular weight is 431 g/mol. The van der Waals surface area contributed by atoms with Crippen molar-refractivity contribution in [2.75, 3.05) is 20.2 Å². The van der Waals surface area contributed by atoms with Gasteiger partial charge in [0.15, 0.2) is 0 Å². The summed E-state index contributed by atoms with van der Waals surface area (Å²) in [5.74, 6) is 0.125. The van der Waals surface area contributed by atoms with Crippen LogP contribution in [0.2, 0.25) is 5.02 Å². The summed E-state index contributed by atoms with van der Waals surface area (Å²) < 4.78 is 5.14. The maximum Gasteiger partial charge on any atom is 0.293 e. The number of carbonyl (C=O) groups excluding carboxylic acids is 3. The summed E-state index contributed by atoms with van der Waals surface area (Å²) in [6, 6.07) is 14.2. The van der Waals surface area contributed by atoms with E-state index in [0.717, 1.165) is 27.8 Å². The van der Waals surface area contributed by atoms with Crippen LogP contribution in [0, 0.1) is 0 Å². The molecule has 0 aliphatic carbocycles. The Balaban J connectivity index is 1.52. The molecule has 0 spiro atoms. The molecule has 8 heteroatoms. The van der Waals surface area contributed by atoms with E-state index in [0.29, 0.717) is 15.7 Å². The summed E-state index contributed by atoms with van der Waals surface area (Å²) in [5, 5.41) is 2.99. The van der Waals surface area contributed by atoms with E-state index in [2.05, 4.69) is 5.32 Å². The summed E-state index contributed by atoms with van der Waals surface area (Å²) in [6.45, 7) is 0.307. The number of hydrogen-bond donors (Lipinski definition) is 1. The van der Waals surface area contributed by atoms with Gasteiger partial charge in [0.25, 0.3) is 11.1 Å². The first-order valence-electron chi connectivity index (χ1n) is 8.87. The van der Waals surface area contributed by atoms with Crippen LogP contribution in [0.4, 0.5) is 4.79 Å². The Morgan fingerprint density at radius 3 is 2.69 bits per heavy atom. The normalized spacial score (nSPS) is 15.1. The number of carbonyl (C=O) groups is 3. The predicted molar refractivity (Wildman–Crippen MR) is 114 cm³/mol. The zero-order chi connectivity index (χ0) is 20.8. The van der Waals surface area contributed by atoms with E-state index in [4.69, 9.17) is 16.3 Å². The van der Waals surface area contributed by atoms with Crippen LogP contribution in [-0.4, -0.2) is 42.2 Å². The molecule has 0 radical (unpaired) electrons. The first kappa shape index (κ1) is 21.0. The zero-order valence-corrected chi connectivity index (χ0v) is 17.3. The number of imide groups is 1. The van der Waals surface area contributed by atoms with E-state index >= 15 is 0 Å². The number of methoxy groups -OCH3 is 1. The molecule has 1 N–H and O–H groups in total. The molecule has 3 amide bonds. The van der Waals surface area contributed by atoms with Crippen molar-refractivity contribution in [1.29, 1.82) is 0 Å². The van der Waals surface area contributed by atoms with Gasteiger partial charge in [-0.25, -0.2) is 0 Å². The number of ether oxygens (including phenoxy) is 1. The second-order valence-electron chi connectivity index (χ2n) is 6.26. The summed E-state index contributed by atoms with van der Waals surface area (Å²) in [4.78, 5) is 38.2. The van der Waals surface area contributed by atoms with Gasteiger partial charge in [0.05, 0.1) is 18.4 Å². The molecule has 0 bridgehead atoms. The molecule has 0 saturated carbocycles. The van der Waals surface area contributed by atoms with Gasteiger partial charge in [0.1, 0.15) is 5.75 Å². The van der Waals surface area contributed by atoms with Crippen LogP contribution in [0.25, 0.3) is 6.08 Å². The van der Waals surface area contributed by atoms with Gasteiger partial charge in [-0.05, 0) is 53.2 Å². The fraction of sp³-hybridized carbons (Fsp3) is 0.190. The van der Waals surface area contributed by atoms with Gasteiger partial charge in [-0.3, -0.25) is 19.3 Å². The number of nitrogens with zero attached hydrogens (tertiary/aromatic N) is 1. The number of rotatable bonds is 7. The maximum atomic E-state index is 12.5. The largest absolute Gasteiger partial charge is 0.497 e. The second-order valence-corrected chi connectivity index (χ2v) is 7.69. The lowest BCUT2D eigenvalue weighted by Crippen LogP contribution is -2.37.